The van der Waals surface area contributed by atoms with Crippen LogP contribution in [0.15, 0.2) is 24.4 Å². The molecule has 3 heteroatoms. The number of rotatable bonds is 3. The third-order valence-corrected chi connectivity index (χ3v) is 4.50. The molecule has 0 aromatic heterocycles. The summed E-state index contributed by atoms with van der Waals surface area (Å²) in [6.07, 6.45) is 8.88. The van der Waals surface area contributed by atoms with Gasteiger partial charge in [0.05, 0.1) is 14.2 Å². The summed E-state index contributed by atoms with van der Waals surface area (Å²) in [6.45, 7) is 1.21. The molecule has 20 heavy (non-hydrogen) atoms. The van der Waals surface area contributed by atoms with Crippen LogP contribution in [0.25, 0.3) is 5.57 Å². The molecular weight excluding hydrogens is 250 g/mol. The number of fused-ring (bicyclic) bond motifs is 1. The third-order valence-electron chi connectivity index (χ3n) is 4.50. The van der Waals surface area contributed by atoms with Crippen LogP contribution in [0.3, 0.4) is 0 Å². The normalized spacial score (nSPS) is 22.0. The standard InChI is InChI=1S/C17H23NO2/c1-19-16-9-7-13(11-17(16)20-2)14-6-8-15-5-3-4-10-18(15)12-14/h7,9,11-12,15H,3-6,8,10H2,1-2H3/t15-/m1/s1. The highest BCUT2D eigenvalue weighted by Gasteiger charge is 2.24. The maximum Gasteiger partial charge on any atom is 0.161 e. The zero-order chi connectivity index (χ0) is 13.9. The summed E-state index contributed by atoms with van der Waals surface area (Å²) in [5.74, 6) is 1.61. The van der Waals surface area contributed by atoms with Crippen LogP contribution in [0, 0.1) is 0 Å². The number of piperidine rings is 1. The summed E-state index contributed by atoms with van der Waals surface area (Å²) in [5, 5.41) is 0. The van der Waals surface area contributed by atoms with Gasteiger partial charge >= 0.3 is 0 Å². The van der Waals surface area contributed by atoms with E-state index in [0.29, 0.717) is 0 Å². The van der Waals surface area contributed by atoms with Crippen molar-refractivity contribution in [2.75, 3.05) is 20.8 Å². The largest absolute Gasteiger partial charge is 0.493 e. The fraction of sp³-hybridized carbons (Fsp3) is 0.529. The Morgan fingerprint density at radius 2 is 1.90 bits per heavy atom. The van der Waals surface area contributed by atoms with Crippen molar-refractivity contribution in [3.8, 4) is 11.5 Å². The molecule has 3 nitrogen and oxygen atoms in total. The van der Waals surface area contributed by atoms with Gasteiger partial charge in [-0.25, -0.2) is 0 Å². The summed E-state index contributed by atoms with van der Waals surface area (Å²) in [4.78, 5) is 2.54. The number of allylic oxidation sites excluding steroid dienone is 1. The molecule has 2 heterocycles. The van der Waals surface area contributed by atoms with E-state index >= 15 is 0 Å². The molecule has 3 rings (SSSR count). The lowest BCUT2D eigenvalue weighted by atomic mass is 9.90. The molecule has 0 spiro atoms. The second-order valence-electron chi connectivity index (χ2n) is 5.65. The quantitative estimate of drug-likeness (QED) is 0.838. The van der Waals surface area contributed by atoms with Crippen LogP contribution in [0.4, 0.5) is 0 Å². The third kappa shape index (κ3) is 2.49. The highest BCUT2D eigenvalue weighted by Crippen LogP contribution is 2.36. The zero-order valence-corrected chi connectivity index (χ0v) is 12.4. The molecule has 0 bridgehead atoms. The van der Waals surface area contributed by atoms with Gasteiger partial charge in [-0.2, -0.15) is 0 Å². The monoisotopic (exact) mass is 273 g/mol. The Labute approximate surface area is 121 Å². The first-order chi connectivity index (χ1) is 9.81. The Kier molecular flexibility index (Phi) is 3.86. The molecule has 0 saturated carbocycles. The molecule has 1 aromatic carbocycles. The topological polar surface area (TPSA) is 21.7 Å². The van der Waals surface area contributed by atoms with Gasteiger partial charge in [0, 0.05) is 18.8 Å². The predicted molar refractivity (Wildman–Crippen MR) is 81.1 cm³/mol. The fourth-order valence-corrected chi connectivity index (χ4v) is 3.34. The minimum Gasteiger partial charge on any atom is -0.493 e. The second-order valence-corrected chi connectivity index (χ2v) is 5.65. The van der Waals surface area contributed by atoms with E-state index in [4.69, 9.17) is 9.47 Å². The van der Waals surface area contributed by atoms with Crippen molar-refractivity contribution < 1.29 is 9.47 Å². The van der Waals surface area contributed by atoms with Gasteiger partial charge in [0.1, 0.15) is 0 Å². The van der Waals surface area contributed by atoms with E-state index in [1.54, 1.807) is 14.2 Å². The average molecular weight is 273 g/mol. The number of methoxy groups -OCH3 is 2. The number of hydrogen-bond donors (Lipinski definition) is 0. The molecule has 108 valence electrons. The lowest BCUT2D eigenvalue weighted by Crippen LogP contribution is -2.37. The second kappa shape index (κ2) is 5.78. The predicted octanol–water partition coefficient (Wildman–Crippen LogP) is 3.69. The molecule has 0 radical (unpaired) electrons. The van der Waals surface area contributed by atoms with Crippen molar-refractivity contribution in [2.45, 2.75) is 38.1 Å². The Morgan fingerprint density at radius 3 is 2.70 bits per heavy atom. The van der Waals surface area contributed by atoms with Gasteiger partial charge in [0.25, 0.3) is 0 Å². The van der Waals surface area contributed by atoms with Crippen molar-refractivity contribution >= 4 is 5.57 Å². The first kappa shape index (κ1) is 13.3. The Morgan fingerprint density at radius 1 is 1.05 bits per heavy atom. The summed E-state index contributed by atoms with van der Waals surface area (Å²) in [5.41, 5.74) is 2.68. The molecule has 2 aliphatic rings. The summed E-state index contributed by atoms with van der Waals surface area (Å²) in [6, 6.07) is 7.00. The van der Waals surface area contributed by atoms with Gasteiger partial charge < -0.3 is 14.4 Å². The Balaban J connectivity index is 1.87. The molecule has 1 saturated heterocycles. The summed E-state index contributed by atoms with van der Waals surface area (Å²) < 4.78 is 10.7. The lowest BCUT2D eigenvalue weighted by molar-refractivity contribution is 0.196. The average Bonchev–Trinajstić information content (AvgIpc) is 2.53. The minimum atomic E-state index is 0.771. The van der Waals surface area contributed by atoms with E-state index in [1.165, 1.54) is 43.4 Å². The van der Waals surface area contributed by atoms with Crippen molar-refractivity contribution in [3.05, 3.63) is 30.0 Å². The molecule has 1 atom stereocenters. The molecule has 0 amide bonds. The van der Waals surface area contributed by atoms with Gasteiger partial charge in [-0.05, 0) is 55.4 Å². The maximum atomic E-state index is 5.41. The van der Waals surface area contributed by atoms with Crippen LogP contribution in [-0.4, -0.2) is 31.7 Å². The lowest BCUT2D eigenvalue weighted by Gasteiger charge is -2.39. The van der Waals surface area contributed by atoms with E-state index in [-0.39, 0.29) is 0 Å². The van der Waals surface area contributed by atoms with Gasteiger partial charge in [-0.15, -0.1) is 0 Å². The van der Waals surface area contributed by atoms with Crippen LogP contribution in [-0.2, 0) is 0 Å². The highest BCUT2D eigenvalue weighted by molar-refractivity contribution is 5.68. The summed E-state index contributed by atoms with van der Waals surface area (Å²) >= 11 is 0. The van der Waals surface area contributed by atoms with Crippen LogP contribution >= 0.6 is 0 Å². The molecule has 0 N–H and O–H groups in total. The first-order valence-corrected chi connectivity index (χ1v) is 7.50. The van der Waals surface area contributed by atoms with E-state index < -0.39 is 0 Å². The van der Waals surface area contributed by atoms with Crippen molar-refractivity contribution in [1.29, 1.82) is 0 Å². The van der Waals surface area contributed by atoms with Gasteiger partial charge in [0.15, 0.2) is 11.5 Å². The molecule has 0 aliphatic carbocycles. The summed E-state index contributed by atoms with van der Waals surface area (Å²) in [7, 11) is 3.37. The molecule has 2 aliphatic heterocycles. The van der Waals surface area contributed by atoms with Crippen molar-refractivity contribution in [2.24, 2.45) is 0 Å². The van der Waals surface area contributed by atoms with E-state index in [1.807, 2.05) is 6.07 Å². The van der Waals surface area contributed by atoms with Crippen LogP contribution in [0.1, 0.15) is 37.7 Å². The fourth-order valence-electron chi connectivity index (χ4n) is 3.34. The van der Waals surface area contributed by atoms with E-state index in [2.05, 4.69) is 23.2 Å². The number of nitrogens with zero attached hydrogens (tertiary/aromatic N) is 1. The highest BCUT2D eigenvalue weighted by atomic mass is 16.5. The van der Waals surface area contributed by atoms with Crippen LogP contribution in [0.5, 0.6) is 11.5 Å². The number of hydrogen-bond acceptors (Lipinski definition) is 3. The molecule has 1 aromatic rings. The molecule has 1 fully saturated rings. The minimum absolute atomic E-state index is 0.771. The number of benzene rings is 1. The zero-order valence-electron chi connectivity index (χ0n) is 12.4. The Hall–Kier alpha value is -1.64. The van der Waals surface area contributed by atoms with Gasteiger partial charge in [0.2, 0.25) is 0 Å². The van der Waals surface area contributed by atoms with Crippen molar-refractivity contribution in [3.63, 3.8) is 0 Å². The number of ether oxygens (including phenoxy) is 2. The maximum absolute atomic E-state index is 5.41. The first-order valence-electron chi connectivity index (χ1n) is 7.50. The SMILES string of the molecule is COc1ccc(C2=CN3CCCC[C@@H]3CC2)cc1OC. The van der Waals surface area contributed by atoms with Gasteiger partial charge in [-0.1, -0.05) is 6.07 Å². The van der Waals surface area contributed by atoms with E-state index in [0.717, 1.165) is 24.0 Å². The van der Waals surface area contributed by atoms with E-state index in [9.17, 15) is 0 Å². The Bertz CT molecular complexity index is 510. The molecule has 0 unspecified atom stereocenters. The van der Waals surface area contributed by atoms with Gasteiger partial charge in [-0.3, -0.25) is 0 Å². The van der Waals surface area contributed by atoms with Crippen LogP contribution in [0.2, 0.25) is 0 Å². The molecular formula is C17H23NO2. The smallest absolute Gasteiger partial charge is 0.161 e. The van der Waals surface area contributed by atoms with Crippen molar-refractivity contribution in [1.82, 2.24) is 4.90 Å². The van der Waals surface area contributed by atoms with Crippen LogP contribution < -0.4 is 9.47 Å².